The Balaban J connectivity index is 2.12. The number of hydrogen-bond acceptors (Lipinski definition) is 5. The van der Waals surface area contributed by atoms with Gasteiger partial charge in [0.1, 0.15) is 0 Å². The number of benzene rings is 1. The molecule has 5 heteroatoms. The van der Waals surface area contributed by atoms with E-state index in [1.165, 1.54) is 11.1 Å². The molecule has 2 rings (SSSR count). The lowest BCUT2D eigenvalue weighted by atomic mass is 10.1. The number of rotatable bonds is 4. The Labute approximate surface area is 107 Å². The van der Waals surface area contributed by atoms with Crippen LogP contribution in [0.3, 0.4) is 0 Å². The molecule has 0 aliphatic rings. The van der Waals surface area contributed by atoms with Crippen LogP contribution in [0.1, 0.15) is 30.0 Å². The number of aromatic nitrogens is 2. The van der Waals surface area contributed by atoms with E-state index in [1.54, 1.807) is 0 Å². The molecule has 18 heavy (non-hydrogen) atoms. The lowest BCUT2D eigenvalue weighted by molar-refractivity contribution is 0.460. The predicted molar refractivity (Wildman–Crippen MR) is 70.2 cm³/mol. The van der Waals surface area contributed by atoms with E-state index in [0.29, 0.717) is 11.9 Å². The van der Waals surface area contributed by atoms with Crippen molar-refractivity contribution in [3.63, 3.8) is 0 Å². The molecule has 2 aromatic rings. The normalized spacial score (nSPS) is 12.4. The molecule has 1 aromatic carbocycles. The third-order valence-corrected chi connectivity index (χ3v) is 2.81. The fourth-order valence-electron chi connectivity index (χ4n) is 1.68. The highest BCUT2D eigenvalue weighted by Gasteiger charge is 2.13. The van der Waals surface area contributed by atoms with E-state index in [1.807, 2.05) is 31.0 Å². The molecule has 0 saturated carbocycles. The van der Waals surface area contributed by atoms with Crippen LogP contribution in [0, 0.1) is 6.92 Å². The Bertz CT molecular complexity index is 521. The quantitative estimate of drug-likeness (QED) is 0.894. The van der Waals surface area contributed by atoms with Crippen molar-refractivity contribution < 1.29 is 4.42 Å². The van der Waals surface area contributed by atoms with Gasteiger partial charge in [-0.15, -0.1) is 5.10 Å². The van der Waals surface area contributed by atoms with Gasteiger partial charge in [0.15, 0.2) is 0 Å². The maximum absolute atomic E-state index is 5.69. The molecule has 96 valence electrons. The summed E-state index contributed by atoms with van der Waals surface area (Å²) in [6.45, 7) is 4.64. The summed E-state index contributed by atoms with van der Waals surface area (Å²) in [7, 11) is 1.92. The van der Waals surface area contributed by atoms with Crippen LogP contribution in [0.4, 0.5) is 6.01 Å². The van der Waals surface area contributed by atoms with E-state index >= 15 is 0 Å². The van der Waals surface area contributed by atoms with Gasteiger partial charge in [-0.25, -0.2) is 0 Å². The van der Waals surface area contributed by atoms with Crippen LogP contribution in [-0.4, -0.2) is 17.2 Å². The Morgan fingerprint density at radius 1 is 1.33 bits per heavy atom. The van der Waals surface area contributed by atoms with Crippen molar-refractivity contribution in [2.45, 2.75) is 26.4 Å². The third kappa shape index (κ3) is 2.68. The average Bonchev–Trinajstić information content (AvgIpc) is 2.81. The van der Waals surface area contributed by atoms with E-state index in [9.17, 15) is 0 Å². The van der Waals surface area contributed by atoms with E-state index in [4.69, 9.17) is 10.2 Å². The van der Waals surface area contributed by atoms with Crippen LogP contribution in [0.2, 0.25) is 0 Å². The number of nitrogens with two attached hydrogens (primary N) is 1. The first-order valence-electron chi connectivity index (χ1n) is 5.92. The smallest absolute Gasteiger partial charge is 0.318 e. The molecule has 0 aliphatic heterocycles. The standard InChI is InChI=1S/C13H18N4O/c1-9-6-4-5-7-11(9)8-17(3)13-16-15-12(18-13)10(2)14/h4-7,10H,8,14H2,1-3H3. The molecule has 2 N–H and O–H groups in total. The summed E-state index contributed by atoms with van der Waals surface area (Å²) in [5.41, 5.74) is 8.17. The van der Waals surface area contributed by atoms with Crippen LogP contribution in [0.15, 0.2) is 28.7 Å². The fraction of sp³-hybridized carbons (Fsp3) is 0.385. The molecule has 0 fully saturated rings. The van der Waals surface area contributed by atoms with Crippen molar-refractivity contribution in [1.82, 2.24) is 10.2 Å². The molecule has 1 aromatic heterocycles. The summed E-state index contributed by atoms with van der Waals surface area (Å²) >= 11 is 0. The molecule has 0 spiro atoms. The minimum atomic E-state index is -0.238. The van der Waals surface area contributed by atoms with Crippen LogP contribution < -0.4 is 10.6 Å². The second kappa shape index (κ2) is 5.18. The van der Waals surface area contributed by atoms with Gasteiger partial charge in [0.25, 0.3) is 0 Å². The Morgan fingerprint density at radius 2 is 2.06 bits per heavy atom. The lowest BCUT2D eigenvalue weighted by Gasteiger charge is -2.15. The first-order chi connectivity index (χ1) is 8.58. The zero-order chi connectivity index (χ0) is 13.1. The fourth-order valence-corrected chi connectivity index (χ4v) is 1.68. The molecule has 0 saturated heterocycles. The highest BCUT2D eigenvalue weighted by Crippen LogP contribution is 2.17. The largest absolute Gasteiger partial charge is 0.406 e. The minimum Gasteiger partial charge on any atom is -0.406 e. The monoisotopic (exact) mass is 246 g/mol. The summed E-state index contributed by atoms with van der Waals surface area (Å²) in [6.07, 6.45) is 0. The molecule has 1 heterocycles. The topological polar surface area (TPSA) is 68.2 Å². The van der Waals surface area contributed by atoms with Crippen LogP contribution in [0.5, 0.6) is 0 Å². The zero-order valence-corrected chi connectivity index (χ0v) is 10.9. The van der Waals surface area contributed by atoms with Gasteiger partial charge in [0, 0.05) is 13.6 Å². The van der Waals surface area contributed by atoms with Crippen LogP contribution >= 0.6 is 0 Å². The van der Waals surface area contributed by atoms with E-state index < -0.39 is 0 Å². The highest BCUT2D eigenvalue weighted by atomic mass is 16.4. The van der Waals surface area contributed by atoms with Crippen molar-refractivity contribution in [1.29, 1.82) is 0 Å². The highest BCUT2D eigenvalue weighted by molar-refractivity contribution is 5.31. The summed E-state index contributed by atoms with van der Waals surface area (Å²) in [5, 5.41) is 7.91. The minimum absolute atomic E-state index is 0.238. The summed E-state index contributed by atoms with van der Waals surface area (Å²) in [4.78, 5) is 1.92. The Morgan fingerprint density at radius 3 is 2.67 bits per heavy atom. The Kier molecular flexibility index (Phi) is 3.62. The maximum Gasteiger partial charge on any atom is 0.318 e. The molecule has 0 bridgehead atoms. The molecule has 1 atom stereocenters. The first kappa shape index (κ1) is 12.6. The number of anilines is 1. The first-order valence-corrected chi connectivity index (χ1v) is 5.92. The number of nitrogens with zero attached hydrogens (tertiary/aromatic N) is 3. The number of aryl methyl sites for hydroxylation is 1. The summed E-state index contributed by atoms with van der Waals surface area (Å²) in [6, 6.07) is 8.49. The van der Waals surface area contributed by atoms with Gasteiger partial charge in [0.05, 0.1) is 6.04 Å². The van der Waals surface area contributed by atoms with Crippen molar-refractivity contribution in [3.8, 4) is 0 Å². The van der Waals surface area contributed by atoms with Crippen molar-refractivity contribution in [3.05, 3.63) is 41.3 Å². The van der Waals surface area contributed by atoms with Gasteiger partial charge < -0.3 is 15.1 Å². The average molecular weight is 246 g/mol. The molecule has 0 radical (unpaired) electrons. The van der Waals surface area contributed by atoms with E-state index in [2.05, 4.69) is 29.3 Å². The van der Waals surface area contributed by atoms with Gasteiger partial charge in [-0.1, -0.05) is 29.4 Å². The van der Waals surface area contributed by atoms with Crippen molar-refractivity contribution >= 4 is 6.01 Å². The van der Waals surface area contributed by atoms with Gasteiger partial charge in [-0.05, 0) is 25.0 Å². The number of hydrogen-bond donors (Lipinski definition) is 1. The molecule has 0 amide bonds. The molecule has 5 nitrogen and oxygen atoms in total. The van der Waals surface area contributed by atoms with Crippen molar-refractivity contribution in [2.75, 3.05) is 11.9 Å². The van der Waals surface area contributed by atoms with Crippen LogP contribution in [0.25, 0.3) is 0 Å². The molecular weight excluding hydrogens is 228 g/mol. The lowest BCUT2D eigenvalue weighted by Crippen LogP contribution is -2.17. The van der Waals surface area contributed by atoms with Gasteiger partial charge in [0.2, 0.25) is 5.89 Å². The van der Waals surface area contributed by atoms with Crippen LogP contribution in [-0.2, 0) is 6.54 Å². The maximum atomic E-state index is 5.69. The zero-order valence-electron chi connectivity index (χ0n) is 10.9. The van der Waals surface area contributed by atoms with Crippen molar-refractivity contribution in [2.24, 2.45) is 5.73 Å². The van der Waals surface area contributed by atoms with Gasteiger partial charge in [-0.3, -0.25) is 0 Å². The second-order valence-electron chi connectivity index (χ2n) is 4.49. The van der Waals surface area contributed by atoms with E-state index in [-0.39, 0.29) is 6.04 Å². The van der Waals surface area contributed by atoms with E-state index in [0.717, 1.165) is 6.54 Å². The molecule has 0 aliphatic carbocycles. The van der Waals surface area contributed by atoms with Gasteiger partial charge in [-0.2, -0.15) is 0 Å². The van der Waals surface area contributed by atoms with Gasteiger partial charge >= 0.3 is 6.01 Å². The summed E-state index contributed by atoms with van der Waals surface area (Å²) in [5.74, 6) is 0.460. The molecular formula is C13H18N4O. The SMILES string of the molecule is Cc1ccccc1CN(C)c1nnc(C(C)N)o1. The molecule has 1 unspecified atom stereocenters. The predicted octanol–water partition coefficient (Wildman–Crippen LogP) is 2.03. The summed E-state index contributed by atoms with van der Waals surface area (Å²) < 4.78 is 5.50. The Hall–Kier alpha value is -1.88. The third-order valence-electron chi connectivity index (χ3n) is 2.81. The second-order valence-corrected chi connectivity index (χ2v) is 4.49.